The van der Waals surface area contributed by atoms with E-state index in [2.05, 4.69) is 10.2 Å². The number of nitrogens with zero attached hydrogens (tertiary/aromatic N) is 2. The second-order valence-electron chi connectivity index (χ2n) is 7.30. The molecule has 3 rings (SSSR count). The molecule has 1 fully saturated rings. The van der Waals surface area contributed by atoms with E-state index in [4.69, 9.17) is 17.0 Å². The van der Waals surface area contributed by atoms with Gasteiger partial charge >= 0.3 is 5.97 Å². The van der Waals surface area contributed by atoms with Crippen molar-refractivity contribution in [2.45, 2.75) is 38.8 Å². The minimum atomic E-state index is -0.450. The van der Waals surface area contributed by atoms with Crippen LogP contribution in [-0.4, -0.2) is 46.8 Å². The van der Waals surface area contributed by atoms with E-state index in [0.717, 1.165) is 31.7 Å². The summed E-state index contributed by atoms with van der Waals surface area (Å²) in [6.07, 6.45) is 1.08. The van der Waals surface area contributed by atoms with Crippen LogP contribution in [0, 0.1) is 11.8 Å². The minimum Gasteiger partial charge on any atom is -0.467 e. The van der Waals surface area contributed by atoms with Crippen molar-refractivity contribution in [3.63, 3.8) is 0 Å². The van der Waals surface area contributed by atoms with Gasteiger partial charge in [-0.2, -0.15) is 0 Å². The quantitative estimate of drug-likeness (QED) is 0.646. The first kappa shape index (κ1) is 17.9. The Bertz CT molecular complexity index is 731. The normalized spacial score (nSPS) is 23.0. The lowest BCUT2D eigenvalue weighted by atomic mass is 9.83. The fourth-order valence-electron chi connectivity index (χ4n) is 3.91. The number of fused-ring (bicyclic) bond motifs is 4. The summed E-state index contributed by atoms with van der Waals surface area (Å²) in [7, 11) is 1.39. The van der Waals surface area contributed by atoms with Gasteiger partial charge in [0, 0.05) is 37.3 Å². The number of pyridine rings is 1. The SMILES string of the molecule is COC(=O)[C@@H](NC(=S)N1C[C@H]2C[C@H](C1)c1cccc(=O)n1C2)C(C)C. The Labute approximate surface area is 153 Å². The average Bonchev–Trinajstić information content (AvgIpc) is 2.59. The standard InChI is InChI=1S/C18H25N3O3S/c1-11(2)16(17(23)24-3)19-18(25)20-8-12-7-13(10-20)14-5-4-6-15(22)21(14)9-12/h4-6,11-13,16H,7-10H2,1-3H3,(H,19,25)/t12-,13-,16+/m1/s1. The van der Waals surface area contributed by atoms with Crippen molar-refractivity contribution in [3.8, 4) is 0 Å². The predicted octanol–water partition coefficient (Wildman–Crippen LogP) is 1.34. The molecule has 2 bridgehead atoms. The van der Waals surface area contributed by atoms with Crippen LogP contribution in [0.25, 0.3) is 0 Å². The van der Waals surface area contributed by atoms with E-state index >= 15 is 0 Å². The molecule has 25 heavy (non-hydrogen) atoms. The number of esters is 1. The van der Waals surface area contributed by atoms with Gasteiger partial charge in [-0.1, -0.05) is 19.9 Å². The monoisotopic (exact) mass is 363 g/mol. The highest BCUT2D eigenvalue weighted by molar-refractivity contribution is 7.80. The molecule has 0 aliphatic carbocycles. The zero-order valence-electron chi connectivity index (χ0n) is 14.9. The number of piperidine rings is 1. The summed E-state index contributed by atoms with van der Waals surface area (Å²) in [6.45, 7) is 6.22. The molecule has 0 amide bonds. The van der Waals surface area contributed by atoms with E-state index in [1.165, 1.54) is 7.11 Å². The minimum absolute atomic E-state index is 0.0758. The molecule has 0 radical (unpaired) electrons. The third-order valence-electron chi connectivity index (χ3n) is 5.17. The number of aromatic nitrogens is 1. The maximum absolute atomic E-state index is 12.1. The summed E-state index contributed by atoms with van der Waals surface area (Å²) in [5.74, 6) is 0.457. The molecule has 6 nitrogen and oxygen atoms in total. The molecule has 2 aliphatic heterocycles. The third-order valence-corrected chi connectivity index (χ3v) is 5.54. The Kier molecular flexibility index (Phi) is 5.13. The second-order valence-corrected chi connectivity index (χ2v) is 7.68. The van der Waals surface area contributed by atoms with Crippen LogP contribution < -0.4 is 10.9 Å². The van der Waals surface area contributed by atoms with Crippen LogP contribution in [0.2, 0.25) is 0 Å². The molecule has 0 saturated carbocycles. The Hall–Kier alpha value is -1.89. The Morgan fingerprint density at radius 1 is 1.32 bits per heavy atom. The second kappa shape index (κ2) is 7.15. The molecule has 0 spiro atoms. The van der Waals surface area contributed by atoms with Gasteiger partial charge in [-0.15, -0.1) is 0 Å². The highest BCUT2D eigenvalue weighted by Crippen LogP contribution is 2.34. The predicted molar refractivity (Wildman–Crippen MR) is 99.5 cm³/mol. The molecule has 0 unspecified atom stereocenters. The molecule has 136 valence electrons. The number of carbonyl (C=O) groups excluding carboxylic acids is 1. The number of ether oxygens (including phenoxy) is 1. The molecule has 3 heterocycles. The molecule has 3 atom stereocenters. The van der Waals surface area contributed by atoms with Gasteiger partial charge in [0.1, 0.15) is 6.04 Å². The van der Waals surface area contributed by atoms with E-state index in [9.17, 15) is 9.59 Å². The molecular weight excluding hydrogens is 338 g/mol. The fraction of sp³-hybridized carbons (Fsp3) is 0.611. The zero-order chi connectivity index (χ0) is 18.1. The largest absolute Gasteiger partial charge is 0.467 e. The molecule has 7 heteroatoms. The number of methoxy groups -OCH3 is 1. The van der Waals surface area contributed by atoms with E-state index in [0.29, 0.717) is 11.0 Å². The van der Waals surface area contributed by atoms with Gasteiger partial charge in [0.2, 0.25) is 0 Å². The average molecular weight is 363 g/mol. The van der Waals surface area contributed by atoms with Gasteiger partial charge in [0.15, 0.2) is 5.11 Å². The van der Waals surface area contributed by atoms with Crippen molar-refractivity contribution in [2.75, 3.05) is 20.2 Å². The van der Waals surface area contributed by atoms with Gasteiger partial charge in [0.25, 0.3) is 5.56 Å². The number of hydrogen-bond donors (Lipinski definition) is 1. The molecule has 1 saturated heterocycles. The van der Waals surface area contributed by atoms with Crippen LogP contribution >= 0.6 is 12.2 Å². The van der Waals surface area contributed by atoms with Crippen LogP contribution in [0.4, 0.5) is 0 Å². The smallest absolute Gasteiger partial charge is 0.328 e. The number of carbonyl (C=O) groups is 1. The van der Waals surface area contributed by atoms with Crippen molar-refractivity contribution in [2.24, 2.45) is 11.8 Å². The molecule has 1 N–H and O–H groups in total. The van der Waals surface area contributed by atoms with Crippen molar-refractivity contribution in [3.05, 3.63) is 34.2 Å². The summed E-state index contributed by atoms with van der Waals surface area (Å²) in [6, 6.07) is 5.04. The van der Waals surface area contributed by atoms with Crippen LogP contribution in [0.1, 0.15) is 31.9 Å². The lowest BCUT2D eigenvalue weighted by molar-refractivity contribution is -0.143. The lowest BCUT2D eigenvalue weighted by Crippen LogP contribution is -2.55. The van der Waals surface area contributed by atoms with Gasteiger partial charge in [-0.05, 0) is 36.5 Å². The van der Waals surface area contributed by atoms with E-state index in [1.807, 2.05) is 30.5 Å². The fourth-order valence-corrected chi connectivity index (χ4v) is 4.19. The van der Waals surface area contributed by atoms with Crippen molar-refractivity contribution in [1.29, 1.82) is 0 Å². The molecule has 2 aliphatic rings. The summed E-state index contributed by atoms with van der Waals surface area (Å²) in [5.41, 5.74) is 1.16. The third kappa shape index (κ3) is 3.56. The molecular formula is C18H25N3O3S. The van der Waals surface area contributed by atoms with Gasteiger partial charge in [-0.3, -0.25) is 4.79 Å². The summed E-state index contributed by atoms with van der Waals surface area (Å²) in [5, 5.41) is 3.76. The maximum atomic E-state index is 12.1. The Balaban J connectivity index is 1.75. The Morgan fingerprint density at radius 3 is 2.76 bits per heavy atom. The lowest BCUT2D eigenvalue weighted by Gasteiger charge is -2.44. The maximum Gasteiger partial charge on any atom is 0.328 e. The van der Waals surface area contributed by atoms with Crippen molar-refractivity contribution >= 4 is 23.3 Å². The molecule has 1 aromatic heterocycles. The van der Waals surface area contributed by atoms with Crippen LogP contribution in [0.15, 0.2) is 23.0 Å². The number of rotatable bonds is 3. The first-order valence-electron chi connectivity index (χ1n) is 8.73. The highest BCUT2D eigenvalue weighted by atomic mass is 32.1. The molecule has 0 aromatic carbocycles. The number of hydrogen-bond acceptors (Lipinski definition) is 4. The van der Waals surface area contributed by atoms with Gasteiger partial charge < -0.3 is 19.5 Å². The first-order valence-corrected chi connectivity index (χ1v) is 9.14. The van der Waals surface area contributed by atoms with Crippen LogP contribution in [0.5, 0.6) is 0 Å². The molecule has 1 aromatic rings. The van der Waals surface area contributed by atoms with Crippen molar-refractivity contribution < 1.29 is 9.53 Å². The number of thiocarbonyl (C=S) groups is 1. The van der Waals surface area contributed by atoms with E-state index in [1.54, 1.807) is 6.07 Å². The van der Waals surface area contributed by atoms with Crippen molar-refractivity contribution in [1.82, 2.24) is 14.8 Å². The van der Waals surface area contributed by atoms with E-state index < -0.39 is 6.04 Å². The van der Waals surface area contributed by atoms with Gasteiger partial charge in [-0.25, -0.2) is 4.79 Å². The van der Waals surface area contributed by atoms with Crippen LogP contribution in [0.3, 0.4) is 0 Å². The summed E-state index contributed by atoms with van der Waals surface area (Å²) in [4.78, 5) is 26.2. The summed E-state index contributed by atoms with van der Waals surface area (Å²) < 4.78 is 6.78. The summed E-state index contributed by atoms with van der Waals surface area (Å²) >= 11 is 5.58. The first-order chi connectivity index (χ1) is 11.9. The highest BCUT2D eigenvalue weighted by Gasteiger charge is 2.36. The van der Waals surface area contributed by atoms with E-state index in [-0.39, 0.29) is 23.4 Å². The number of likely N-dealkylation sites (tertiary alicyclic amines) is 1. The topological polar surface area (TPSA) is 63.6 Å². The van der Waals surface area contributed by atoms with Gasteiger partial charge in [0.05, 0.1) is 7.11 Å². The zero-order valence-corrected chi connectivity index (χ0v) is 15.7. The Morgan fingerprint density at radius 2 is 2.08 bits per heavy atom. The van der Waals surface area contributed by atoms with Crippen LogP contribution in [-0.2, 0) is 16.1 Å². The number of nitrogens with one attached hydrogen (secondary N) is 1.